The Morgan fingerprint density at radius 2 is 2.25 bits per heavy atom. The van der Waals surface area contributed by atoms with Gasteiger partial charge in [-0.15, -0.1) is 23.7 Å². The lowest BCUT2D eigenvalue weighted by atomic mass is 10.0. The van der Waals surface area contributed by atoms with Gasteiger partial charge in [0.1, 0.15) is 5.00 Å². The van der Waals surface area contributed by atoms with Crippen LogP contribution in [0.3, 0.4) is 0 Å². The Bertz CT molecular complexity index is 727. The summed E-state index contributed by atoms with van der Waals surface area (Å²) < 4.78 is 10.0. The van der Waals surface area contributed by atoms with E-state index in [0.717, 1.165) is 36.5 Å². The quantitative estimate of drug-likeness (QED) is 0.837. The number of thiophene rings is 1. The zero-order chi connectivity index (χ0) is 16.4. The summed E-state index contributed by atoms with van der Waals surface area (Å²) in [4.78, 5) is 27.8. The topological polar surface area (TPSA) is 71.8 Å². The van der Waals surface area contributed by atoms with Crippen molar-refractivity contribution in [3.63, 3.8) is 0 Å². The highest BCUT2D eigenvalue weighted by molar-refractivity contribution is 7.17. The standard InChI is InChI=1S/C16H18N2O4S.ClH/c1-3-18-7-6-10-12(9-18)23-15(13(10)16(20)21-2)17-14(19)11-5-4-8-22-11;/h4-5,8H,3,6-7,9H2,1-2H3,(H,17,19);1H. The van der Waals surface area contributed by atoms with E-state index in [1.54, 1.807) is 12.1 Å². The van der Waals surface area contributed by atoms with Gasteiger partial charge in [0.2, 0.25) is 0 Å². The molecule has 1 amide bonds. The number of hydrogen-bond acceptors (Lipinski definition) is 6. The van der Waals surface area contributed by atoms with Crippen molar-refractivity contribution in [1.82, 2.24) is 4.90 Å². The van der Waals surface area contributed by atoms with Crippen molar-refractivity contribution in [2.75, 3.05) is 25.5 Å². The maximum absolute atomic E-state index is 12.2. The number of nitrogens with one attached hydrogen (secondary N) is 1. The molecular formula is C16H19ClN2O4S. The number of nitrogens with zero attached hydrogens (tertiary/aromatic N) is 1. The summed E-state index contributed by atoms with van der Waals surface area (Å²) in [5.74, 6) is -0.573. The summed E-state index contributed by atoms with van der Waals surface area (Å²) in [6.45, 7) is 4.76. The Hall–Kier alpha value is -1.83. The number of halogens is 1. The maximum Gasteiger partial charge on any atom is 0.341 e. The van der Waals surface area contributed by atoms with E-state index in [4.69, 9.17) is 9.15 Å². The highest BCUT2D eigenvalue weighted by Crippen LogP contribution is 2.37. The Morgan fingerprint density at radius 3 is 2.88 bits per heavy atom. The van der Waals surface area contributed by atoms with Crippen molar-refractivity contribution in [1.29, 1.82) is 0 Å². The van der Waals surface area contributed by atoms with Crippen LogP contribution in [0.15, 0.2) is 22.8 Å². The van der Waals surface area contributed by atoms with E-state index in [9.17, 15) is 9.59 Å². The van der Waals surface area contributed by atoms with Gasteiger partial charge in [0, 0.05) is 18.0 Å². The summed E-state index contributed by atoms with van der Waals surface area (Å²) in [5.41, 5.74) is 1.46. The highest BCUT2D eigenvalue weighted by Gasteiger charge is 2.29. The van der Waals surface area contributed by atoms with Crippen LogP contribution in [0.25, 0.3) is 0 Å². The van der Waals surface area contributed by atoms with Gasteiger partial charge in [-0.3, -0.25) is 9.69 Å². The average Bonchev–Trinajstić information content (AvgIpc) is 3.20. The lowest BCUT2D eigenvalue weighted by Crippen LogP contribution is -2.29. The number of amides is 1. The van der Waals surface area contributed by atoms with E-state index in [-0.39, 0.29) is 24.1 Å². The summed E-state index contributed by atoms with van der Waals surface area (Å²) in [7, 11) is 1.35. The zero-order valence-corrected chi connectivity index (χ0v) is 15.1. The number of likely N-dealkylation sites (N-methyl/N-ethyl adjacent to an activating group) is 1. The molecule has 3 heterocycles. The predicted molar refractivity (Wildman–Crippen MR) is 94.2 cm³/mol. The molecule has 0 aliphatic carbocycles. The fourth-order valence-electron chi connectivity index (χ4n) is 2.70. The van der Waals surface area contributed by atoms with Crippen LogP contribution >= 0.6 is 23.7 Å². The van der Waals surface area contributed by atoms with E-state index in [0.29, 0.717) is 10.6 Å². The van der Waals surface area contributed by atoms with E-state index in [1.807, 2.05) is 0 Å². The van der Waals surface area contributed by atoms with E-state index < -0.39 is 5.97 Å². The number of carbonyl (C=O) groups is 2. The predicted octanol–water partition coefficient (Wildman–Crippen LogP) is 3.18. The lowest BCUT2D eigenvalue weighted by molar-refractivity contribution is 0.0600. The number of hydrogen-bond donors (Lipinski definition) is 1. The molecule has 0 saturated carbocycles. The molecular weight excluding hydrogens is 352 g/mol. The van der Waals surface area contributed by atoms with Crippen LogP contribution in [-0.2, 0) is 17.7 Å². The summed E-state index contributed by atoms with van der Waals surface area (Å²) in [5, 5.41) is 3.31. The van der Waals surface area contributed by atoms with Crippen molar-refractivity contribution < 1.29 is 18.7 Å². The van der Waals surface area contributed by atoms with Crippen molar-refractivity contribution in [3.8, 4) is 0 Å². The van der Waals surface area contributed by atoms with Crippen molar-refractivity contribution >= 4 is 40.6 Å². The van der Waals surface area contributed by atoms with E-state index in [1.165, 1.54) is 24.7 Å². The second kappa shape index (κ2) is 7.83. The number of rotatable bonds is 4. The maximum atomic E-state index is 12.2. The SMILES string of the molecule is CCN1CCc2c(sc(NC(=O)c3ccco3)c2C(=O)OC)C1.Cl. The fourth-order valence-corrected chi connectivity index (χ4v) is 3.98. The minimum atomic E-state index is -0.415. The Kier molecular flexibility index (Phi) is 6.04. The van der Waals surface area contributed by atoms with Crippen LogP contribution < -0.4 is 5.32 Å². The molecule has 0 radical (unpaired) electrons. The summed E-state index contributed by atoms with van der Waals surface area (Å²) in [6, 6.07) is 3.23. The van der Waals surface area contributed by atoms with E-state index in [2.05, 4.69) is 17.1 Å². The molecule has 1 aliphatic heterocycles. The van der Waals surface area contributed by atoms with Gasteiger partial charge in [-0.05, 0) is 30.7 Å². The van der Waals surface area contributed by atoms with E-state index >= 15 is 0 Å². The van der Waals surface area contributed by atoms with Gasteiger partial charge >= 0.3 is 5.97 Å². The average molecular weight is 371 g/mol. The van der Waals surface area contributed by atoms with Gasteiger partial charge in [0.25, 0.3) is 5.91 Å². The molecule has 1 N–H and O–H groups in total. The molecule has 0 aromatic carbocycles. The Labute approximate surface area is 150 Å². The molecule has 6 nitrogen and oxygen atoms in total. The van der Waals surface area contributed by atoms with Gasteiger partial charge in [0.05, 0.1) is 18.9 Å². The monoisotopic (exact) mass is 370 g/mol. The molecule has 130 valence electrons. The third kappa shape index (κ3) is 3.48. The molecule has 0 spiro atoms. The molecule has 24 heavy (non-hydrogen) atoms. The fraction of sp³-hybridized carbons (Fsp3) is 0.375. The minimum Gasteiger partial charge on any atom is -0.465 e. The third-order valence-corrected chi connectivity index (χ3v) is 5.08. The number of esters is 1. The molecule has 3 rings (SSSR count). The first-order valence-corrected chi connectivity index (χ1v) is 8.25. The largest absolute Gasteiger partial charge is 0.465 e. The zero-order valence-electron chi connectivity index (χ0n) is 13.5. The molecule has 0 bridgehead atoms. The molecule has 0 saturated heterocycles. The van der Waals surface area contributed by atoms with Gasteiger partial charge in [0.15, 0.2) is 5.76 Å². The van der Waals surface area contributed by atoms with Gasteiger partial charge in [-0.2, -0.15) is 0 Å². The molecule has 0 unspecified atom stereocenters. The van der Waals surface area contributed by atoms with Gasteiger partial charge in [-0.1, -0.05) is 6.92 Å². The first kappa shape index (κ1) is 18.5. The second-order valence-corrected chi connectivity index (χ2v) is 6.35. The first-order valence-electron chi connectivity index (χ1n) is 7.44. The van der Waals surface area contributed by atoms with Gasteiger partial charge < -0.3 is 14.5 Å². The molecule has 1 aliphatic rings. The number of fused-ring (bicyclic) bond motifs is 1. The summed E-state index contributed by atoms with van der Waals surface area (Å²) in [6.07, 6.45) is 2.22. The first-order chi connectivity index (χ1) is 11.1. The number of carbonyl (C=O) groups excluding carboxylic acids is 2. The molecule has 2 aromatic heterocycles. The number of methoxy groups -OCH3 is 1. The number of furan rings is 1. The van der Waals surface area contributed by atoms with Crippen LogP contribution in [0.5, 0.6) is 0 Å². The smallest absolute Gasteiger partial charge is 0.341 e. The molecule has 0 atom stereocenters. The van der Waals surface area contributed by atoms with Crippen LogP contribution in [0, 0.1) is 0 Å². The van der Waals surface area contributed by atoms with Crippen molar-refractivity contribution in [2.45, 2.75) is 19.9 Å². The van der Waals surface area contributed by atoms with Crippen molar-refractivity contribution in [2.24, 2.45) is 0 Å². The molecule has 8 heteroatoms. The Balaban J connectivity index is 0.00000208. The minimum absolute atomic E-state index is 0. The number of anilines is 1. The van der Waals surface area contributed by atoms with Crippen LogP contribution in [0.2, 0.25) is 0 Å². The van der Waals surface area contributed by atoms with Crippen LogP contribution in [0.4, 0.5) is 5.00 Å². The highest BCUT2D eigenvalue weighted by atomic mass is 35.5. The lowest BCUT2D eigenvalue weighted by Gasteiger charge is -2.25. The molecule has 2 aromatic rings. The van der Waals surface area contributed by atoms with Crippen molar-refractivity contribution in [3.05, 3.63) is 40.2 Å². The second-order valence-electron chi connectivity index (χ2n) is 5.25. The Morgan fingerprint density at radius 1 is 1.46 bits per heavy atom. The third-order valence-electron chi connectivity index (χ3n) is 3.94. The normalized spacial score (nSPS) is 13.8. The van der Waals surface area contributed by atoms with Crippen LogP contribution in [0.1, 0.15) is 38.3 Å². The van der Waals surface area contributed by atoms with Crippen LogP contribution in [-0.4, -0.2) is 37.0 Å². The number of ether oxygens (including phenoxy) is 1. The summed E-state index contributed by atoms with van der Waals surface area (Å²) >= 11 is 1.43. The molecule has 0 fully saturated rings. The van der Waals surface area contributed by atoms with Gasteiger partial charge in [-0.25, -0.2) is 4.79 Å².